The normalized spacial score (nSPS) is 33.9. The van der Waals surface area contributed by atoms with Gasteiger partial charge in [0.1, 0.15) is 12.2 Å². The van der Waals surface area contributed by atoms with E-state index in [0.29, 0.717) is 12.0 Å². The Hall–Kier alpha value is -1.36. The first kappa shape index (κ1) is 17.1. The van der Waals surface area contributed by atoms with Gasteiger partial charge in [-0.15, -0.1) is 11.6 Å². The quantitative estimate of drug-likeness (QED) is 0.449. The second-order valence-electron chi connectivity index (χ2n) is 7.21. The van der Waals surface area contributed by atoms with Crippen molar-refractivity contribution < 1.29 is 19.0 Å². The second kappa shape index (κ2) is 6.75. The van der Waals surface area contributed by atoms with E-state index >= 15 is 0 Å². The van der Waals surface area contributed by atoms with Crippen molar-refractivity contribution in [3.8, 4) is 0 Å². The third-order valence-corrected chi connectivity index (χ3v) is 5.80. The van der Waals surface area contributed by atoms with Crippen LogP contribution in [0.25, 0.3) is 0 Å². The number of esters is 1. The standard InChI is InChI=1S/C20H23ClO4/c1-13-12-15(21)17-18(25-20(24-17)10-6-3-7-11-20)16(13)23-19(22)14-8-4-2-5-9-14/h2,4-5,8-9,15-18H,1,3,6-7,10-12H2/t15-,16+,17-,18-/m0/s1. The molecule has 1 aliphatic heterocycles. The monoisotopic (exact) mass is 362 g/mol. The minimum Gasteiger partial charge on any atom is -0.451 e. The highest BCUT2D eigenvalue weighted by atomic mass is 35.5. The van der Waals surface area contributed by atoms with Crippen LogP contribution in [-0.2, 0) is 14.2 Å². The maximum absolute atomic E-state index is 12.5. The molecule has 4 nitrogen and oxygen atoms in total. The van der Waals surface area contributed by atoms with Gasteiger partial charge in [-0.3, -0.25) is 0 Å². The maximum atomic E-state index is 12.5. The van der Waals surface area contributed by atoms with Crippen LogP contribution in [0.5, 0.6) is 0 Å². The molecule has 2 aliphatic carbocycles. The molecule has 4 atom stereocenters. The zero-order valence-corrected chi connectivity index (χ0v) is 14.9. The third kappa shape index (κ3) is 3.23. The number of benzene rings is 1. The van der Waals surface area contributed by atoms with Crippen LogP contribution in [0.4, 0.5) is 0 Å². The van der Waals surface area contributed by atoms with E-state index in [2.05, 4.69) is 6.58 Å². The average molecular weight is 363 g/mol. The van der Waals surface area contributed by atoms with Gasteiger partial charge in [-0.2, -0.15) is 0 Å². The smallest absolute Gasteiger partial charge is 0.338 e. The topological polar surface area (TPSA) is 44.8 Å². The number of rotatable bonds is 2. The third-order valence-electron chi connectivity index (χ3n) is 5.40. The molecule has 25 heavy (non-hydrogen) atoms. The number of alkyl halides is 1. The fourth-order valence-electron chi connectivity index (χ4n) is 4.12. The summed E-state index contributed by atoms with van der Waals surface area (Å²) in [5, 5.41) is -0.203. The number of fused-ring (bicyclic) bond motifs is 1. The molecule has 3 fully saturated rings. The van der Waals surface area contributed by atoms with Crippen LogP contribution in [0.2, 0.25) is 0 Å². The van der Waals surface area contributed by atoms with Gasteiger partial charge in [0.15, 0.2) is 11.9 Å². The molecular weight excluding hydrogens is 340 g/mol. The summed E-state index contributed by atoms with van der Waals surface area (Å²) in [4.78, 5) is 12.5. The van der Waals surface area contributed by atoms with Crippen LogP contribution in [0, 0.1) is 0 Å². The van der Waals surface area contributed by atoms with E-state index in [1.165, 1.54) is 6.42 Å². The van der Waals surface area contributed by atoms with E-state index in [1.54, 1.807) is 12.1 Å². The fraction of sp³-hybridized carbons (Fsp3) is 0.550. The molecule has 2 saturated carbocycles. The lowest BCUT2D eigenvalue weighted by Gasteiger charge is -2.35. The van der Waals surface area contributed by atoms with Crippen LogP contribution in [0.1, 0.15) is 48.9 Å². The lowest BCUT2D eigenvalue weighted by Crippen LogP contribution is -2.48. The highest BCUT2D eigenvalue weighted by Gasteiger charge is 2.56. The van der Waals surface area contributed by atoms with Gasteiger partial charge in [0, 0.05) is 12.8 Å². The van der Waals surface area contributed by atoms with Crippen molar-refractivity contribution in [2.24, 2.45) is 0 Å². The Labute approximate surface area is 153 Å². The number of carbonyl (C=O) groups is 1. The SMILES string of the molecule is C=C1C[C@H](Cl)[C@@H]2OC3(CCCCC3)O[C@H]2[C@@H]1OC(=O)c1ccccc1. The number of ether oxygens (including phenoxy) is 3. The Morgan fingerprint density at radius 3 is 2.52 bits per heavy atom. The molecule has 5 heteroatoms. The van der Waals surface area contributed by atoms with Crippen LogP contribution >= 0.6 is 11.6 Å². The van der Waals surface area contributed by atoms with Crippen molar-refractivity contribution in [1.82, 2.24) is 0 Å². The number of hydrogen-bond acceptors (Lipinski definition) is 4. The molecule has 1 saturated heterocycles. The van der Waals surface area contributed by atoms with Crippen molar-refractivity contribution >= 4 is 17.6 Å². The summed E-state index contributed by atoms with van der Waals surface area (Å²) >= 11 is 6.53. The summed E-state index contributed by atoms with van der Waals surface area (Å²) in [7, 11) is 0. The van der Waals surface area contributed by atoms with E-state index in [1.807, 2.05) is 18.2 Å². The first-order chi connectivity index (χ1) is 12.1. The highest BCUT2D eigenvalue weighted by molar-refractivity contribution is 6.21. The molecule has 3 aliphatic rings. The lowest BCUT2D eigenvalue weighted by atomic mass is 9.88. The molecule has 0 N–H and O–H groups in total. The van der Waals surface area contributed by atoms with Gasteiger partial charge < -0.3 is 14.2 Å². The van der Waals surface area contributed by atoms with Crippen LogP contribution in [0.15, 0.2) is 42.5 Å². The predicted molar refractivity (Wildman–Crippen MR) is 94.6 cm³/mol. The minimum atomic E-state index is -0.567. The van der Waals surface area contributed by atoms with E-state index in [4.69, 9.17) is 25.8 Å². The molecule has 0 bridgehead atoms. The van der Waals surface area contributed by atoms with E-state index in [0.717, 1.165) is 31.3 Å². The summed E-state index contributed by atoms with van der Waals surface area (Å²) in [5.41, 5.74) is 1.31. The van der Waals surface area contributed by atoms with Crippen LogP contribution in [0.3, 0.4) is 0 Å². The Balaban J connectivity index is 1.54. The molecule has 1 aromatic carbocycles. The summed E-state index contributed by atoms with van der Waals surface area (Å²) < 4.78 is 18.4. The zero-order valence-electron chi connectivity index (χ0n) is 14.2. The summed E-state index contributed by atoms with van der Waals surface area (Å²) in [6.07, 6.45) is 4.51. The van der Waals surface area contributed by atoms with Gasteiger partial charge in [0.25, 0.3) is 0 Å². The fourth-order valence-corrected chi connectivity index (χ4v) is 4.51. The predicted octanol–water partition coefficient (Wildman–Crippen LogP) is 4.22. The molecule has 0 radical (unpaired) electrons. The Morgan fingerprint density at radius 2 is 1.80 bits per heavy atom. The average Bonchev–Trinajstić information content (AvgIpc) is 2.99. The Bertz CT molecular complexity index is 653. The van der Waals surface area contributed by atoms with Crippen molar-refractivity contribution in [3.63, 3.8) is 0 Å². The summed E-state index contributed by atoms with van der Waals surface area (Å²) in [6.45, 7) is 4.09. The molecule has 1 spiro atoms. The van der Waals surface area contributed by atoms with Gasteiger partial charge >= 0.3 is 5.97 Å². The van der Waals surface area contributed by atoms with Crippen molar-refractivity contribution in [2.75, 3.05) is 0 Å². The van der Waals surface area contributed by atoms with Crippen molar-refractivity contribution in [2.45, 2.75) is 68.0 Å². The summed E-state index contributed by atoms with van der Waals surface area (Å²) in [6, 6.07) is 8.98. The molecule has 1 heterocycles. The van der Waals surface area contributed by atoms with Gasteiger partial charge in [-0.1, -0.05) is 31.2 Å². The van der Waals surface area contributed by atoms with E-state index < -0.39 is 11.9 Å². The lowest BCUT2D eigenvalue weighted by molar-refractivity contribution is -0.197. The first-order valence-electron chi connectivity index (χ1n) is 9.01. The number of hydrogen-bond donors (Lipinski definition) is 0. The molecule has 134 valence electrons. The van der Waals surface area contributed by atoms with Gasteiger partial charge in [-0.05, 0) is 37.0 Å². The Morgan fingerprint density at radius 1 is 1.12 bits per heavy atom. The maximum Gasteiger partial charge on any atom is 0.338 e. The largest absolute Gasteiger partial charge is 0.451 e. The van der Waals surface area contributed by atoms with Crippen molar-refractivity contribution in [1.29, 1.82) is 0 Å². The van der Waals surface area contributed by atoms with Gasteiger partial charge in [0.2, 0.25) is 0 Å². The highest BCUT2D eigenvalue weighted by Crippen LogP contribution is 2.47. The molecule has 4 rings (SSSR count). The zero-order chi connectivity index (χ0) is 17.4. The molecule has 0 unspecified atom stereocenters. The molecule has 0 aromatic heterocycles. The Kier molecular flexibility index (Phi) is 4.61. The second-order valence-corrected chi connectivity index (χ2v) is 7.77. The van der Waals surface area contributed by atoms with Crippen molar-refractivity contribution in [3.05, 3.63) is 48.0 Å². The van der Waals surface area contributed by atoms with E-state index in [-0.39, 0.29) is 23.6 Å². The molecule has 0 amide bonds. The number of carbonyl (C=O) groups excluding carboxylic acids is 1. The summed E-state index contributed by atoms with van der Waals surface area (Å²) in [5.74, 6) is -0.935. The van der Waals surface area contributed by atoms with E-state index in [9.17, 15) is 4.79 Å². The molecule has 1 aromatic rings. The van der Waals surface area contributed by atoms with Crippen LogP contribution < -0.4 is 0 Å². The van der Waals surface area contributed by atoms with Gasteiger partial charge in [0.05, 0.1) is 10.9 Å². The van der Waals surface area contributed by atoms with Crippen LogP contribution in [-0.4, -0.2) is 35.4 Å². The number of halogens is 1. The van der Waals surface area contributed by atoms with Gasteiger partial charge in [-0.25, -0.2) is 4.79 Å². The minimum absolute atomic E-state index is 0.203. The first-order valence-corrected chi connectivity index (χ1v) is 9.45. The molecular formula is C20H23ClO4.